The zero-order chi connectivity index (χ0) is 13.7. The molecule has 0 saturated heterocycles. The lowest BCUT2D eigenvalue weighted by atomic mass is 10.2. The van der Waals surface area contributed by atoms with E-state index >= 15 is 0 Å². The van der Waals surface area contributed by atoms with E-state index in [4.69, 9.17) is 5.73 Å². The molecule has 0 atom stereocenters. The van der Waals surface area contributed by atoms with Crippen molar-refractivity contribution >= 4 is 17.3 Å². The molecule has 0 saturated carbocycles. The van der Waals surface area contributed by atoms with Crippen LogP contribution in [0.5, 0.6) is 0 Å². The molecule has 4 N–H and O–H groups in total. The number of nitrogens with zero attached hydrogens (tertiary/aromatic N) is 2. The quantitative estimate of drug-likeness (QED) is 0.767. The SMILES string of the molecule is CCNc1cc(Nc2ccc(CN)cc2)nc(C)n1. The van der Waals surface area contributed by atoms with Crippen molar-refractivity contribution < 1.29 is 0 Å². The molecule has 0 radical (unpaired) electrons. The smallest absolute Gasteiger partial charge is 0.136 e. The fraction of sp³-hybridized carbons (Fsp3) is 0.286. The van der Waals surface area contributed by atoms with Gasteiger partial charge in [-0.25, -0.2) is 9.97 Å². The molecule has 0 spiro atoms. The van der Waals surface area contributed by atoms with Gasteiger partial charge in [0.05, 0.1) is 0 Å². The van der Waals surface area contributed by atoms with Crippen molar-refractivity contribution in [1.29, 1.82) is 0 Å². The minimum absolute atomic E-state index is 0.553. The molecule has 0 aliphatic heterocycles. The van der Waals surface area contributed by atoms with Crippen LogP contribution in [0.25, 0.3) is 0 Å². The van der Waals surface area contributed by atoms with E-state index in [1.165, 1.54) is 0 Å². The van der Waals surface area contributed by atoms with Gasteiger partial charge in [-0.1, -0.05) is 12.1 Å². The van der Waals surface area contributed by atoms with Gasteiger partial charge in [0, 0.05) is 24.8 Å². The van der Waals surface area contributed by atoms with Crippen LogP contribution in [0.15, 0.2) is 30.3 Å². The first kappa shape index (κ1) is 13.3. The van der Waals surface area contributed by atoms with Crippen LogP contribution in [0.3, 0.4) is 0 Å². The topological polar surface area (TPSA) is 75.9 Å². The monoisotopic (exact) mass is 257 g/mol. The lowest BCUT2D eigenvalue weighted by Gasteiger charge is -2.09. The lowest BCUT2D eigenvalue weighted by Crippen LogP contribution is -2.04. The van der Waals surface area contributed by atoms with E-state index in [2.05, 4.69) is 20.6 Å². The maximum atomic E-state index is 5.58. The lowest BCUT2D eigenvalue weighted by molar-refractivity contribution is 1.04. The third kappa shape index (κ3) is 3.66. The number of anilines is 3. The molecule has 0 unspecified atom stereocenters. The van der Waals surface area contributed by atoms with Crippen LogP contribution in [-0.4, -0.2) is 16.5 Å². The summed E-state index contributed by atoms with van der Waals surface area (Å²) in [6.45, 7) is 5.30. The Morgan fingerprint density at radius 1 is 1.11 bits per heavy atom. The van der Waals surface area contributed by atoms with Gasteiger partial charge in [-0.15, -0.1) is 0 Å². The Bertz CT molecular complexity index is 536. The average molecular weight is 257 g/mol. The Morgan fingerprint density at radius 2 is 1.79 bits per heavy atom. The fourth-order valence-corrected chi connectivity index (χ4v) is 1.78. The van der Waals surface area contributed by atoms with Crippen molar-refractivity contribution in [3.63, 3.8) is 0 Å². The number of aryl methyl sites for hydroxylation is 1. The van der Waals surface area contributed by atoms with Crippen molar-refractivity contribution in [3.05, 3.63) is 41.7 Å². The van der Waals surface area contributed by atoms with Crippen LogP contribution in [0, 0.1) is 6.92 Å². The maximum absolute atomic E-state index is 5.58. The molecule has 0 fully saturated rings. The van der Waals surface area contributed by atoms with Crippen LogP contribution in [0.4, 0.5) is 17.3 Å². The molecule has 100 valence electrons. The Kier molecular flexibility index (Phi) is 4.30. The van der Waals surface area contributed by atoms with Gasteiger partial charge in [0.2, 0.25) is 0 Å². The minimum Gasteiger partial charge on any atom is -0.370 e. The summed E-state index contributed by atoms with van der Waals surface area (Å²) in [6, 6.07) is 9.88. The number of nitrogens with two attached hydrogens (primary N) is 1. The van der Waals surface area contributed by atoms with Crippen LogP contribution in [0.1, 0.15) is 18.3 Å². The van der Waals surface area contributed by atoms with Gasteiger partial charge in [0.1, 0.15) is 17.5 Å². The van der Waals surface area contributed by atoms with Gasteiger partial charge in [-0.3, -0.25) is 0 Å². The van der Waals surface area contributed by atoms with Crippen molar-refractivity contribution in [2.45, 2.75) is 20.4 Å². The number of hydrogen-bond donors (Lipinski definition) is 3. The molecule has 2 rings (SSSR count). The molecule has 0 amide bonds. The predicted molar refractivity (Wildman–Crippen MR) is 78.5 cm³/mol. The van der Waals surface area contributed by atoms with E-state index in [1.54, 1.807) is 0 Å². The summed E-state index contributed by atoms with van der Waals surface area (Å²) in [4.78, 5) is 8.68. The van der Waals surface area contributed by atoms with Crippen LogP contribution in [-0.2, 0) is 6.54 Å². The molecule has 5 nitrogen and oxygen atoms in total. The summed E-state index contributed by atoms with van der Waals surface area (Å²) < 4.78 is 0. The molecule has 2 aromatic rings. The van der Waals surface area contributed by atoms with Gasteiger partial charge in [-0.05, 0) is 31.5 Å². The first-order valence-electron chi connectivity index (χ1n) is 6.37. The molecule has 1 heterocycles. The summed E-state index contributed by atoms with van der Waals surface area (Å²) in [5.41, 5.74) is 7.67. The highest BCUT2D eigenvalue weighted by Crippen LogP contribution is 2.17. The number of benzene rings is 1. The van der Waals surface area contributed by atoms with E-state index < -0.39 is 0 Å². The molecule has 0 aliphatic carbocycles. The molecule has 0 aliphatic rings. The van der Waals surface area contributed by atoms with Crippen LogP contribution in [0.2, 0.25) is 0 Å². The summed E-state index contributed by atoms with van der Waals surface area (Å²) >= 11 is 0. The highest BCUT2D eigenvalue weighted by Gasteiger charge is 2.01. The van der Waals surface area contributed by atoms with E-state index in [0.717, 1.165) is 35.3 Å². The molecule has 0 bridgehead atoms. The third-order valence-corrected chi connectivity index (χ3v) is 2.66. The van der Waals surface area contributed by atoms with Crippen molar-refractivity contribution in [2.24, 2.45) is 5.73 Å². The van der Waals surface area contributed by atoms with E-state index in [-0.39, 0.29) is 0 Å². The second-order valence-corrected chi connectivity index (χ2v) is 4.24. The summed E-state index contributed by atoms with van der Waals surface area (Å²) in [5.74, 6) is 2.35. The maximum Gasteiger partial charge on any atom is 0.136 e. The fourth-order valence-electron chi connectivity index (χ4n) is 1.78. The zero-order valence-corrected chi connectivity index (χ0v) is 11.3. The van der Waals surface area contributed by atoms with E-state index in [0.29, 0.717) is 6.54 Å². The Hall–Kier alpha value is -2.14. The van der Waals surface area contributed by atoms with Gasteiger partial charge in [0.25, 0.3) is 0 Å². The number of rotatable bonds is 5. The van der Waals surface area contributed by atoms with Crippen molar-refractivity contribution in [1.82, 2.24) is 9.97 Å². The number of hydrogen-bond acceptors (Lipinski definition) is 5. The first-order chi connectivity index (χ1) is 9.21. The summed E-state index contributed by atoms with van der Waals surface area (Å²) in [5, 5.41) is 6.45. The minimum atomic E-state index is 0.553. The molecule has 1 aromatic heterocycles. The van der Waals surface area contributed by atoms with Crippen LogP contribution >= 0.6 is 0 Å². The van der Waals surface area contributed by atoms with Gasteiger partial charge in [0.15, 0.2) is 0 Å². The molecular formula is C14H19N5. The number of aromatic nitrogens is 2. The average Bonchev–Trinajstić information content (AvgIpc) is 2.39. The van der Waals surface area contributed by atoms with Crippen molar-refractivity contribution in [3.8, 4) is 0 Å². The van der Waals surface area contributed by atoms with E-state index in [9.17, 15) is 0 Å². The van der Waals surface area contributed by atoms with E-state index in [1.807, 2.05) is 44.2 Å². The molecule has 1 aromatic carbocycles. The second-order valence-electron chi connectivity index (χ2n) is 4.24. The van der Waals surface area contributed by atoms with Crippen molar-refractivity contribution in [2.75, 3.05) is 17.2 Å². The highest BCUT2D eigenvalue weighted by molar-refractivity contribution is 5.59. The van der Waals surface area contributed by atoms with Gasteiger partial charge >= 0.3 is 0 Å². The zero-order valence-electron chi connectivity index (χ0n) is 11.3. The summed E-state index contributed by atoms with van der Waals surface area (Å²) in [7, 11) is 0. The molecule has 19 heavy (non-hydrogen) atoms. The predicted octanol–water partition coefficient (Wildman–Crippen LogP) is 2.42. The first-order valence-corrected chi connectivity index (χ1v) is 6.37. The Morgan fingerprint density at radius 3 is 2.42 bits per heavy atom. The molecule has 5 heteroatoms. The molecular weight excluding hydrogens is 238 g/mol. The largest absolute Gasteiger partial charge is 0.370 e. The van der Waals surface area contributed by atoms with Gasteiger partial charge in [-0.2, -0.15) is 0 Å². The van der Waals surface area contributed by atoms with Crippen LogP contribution < -0.4 is 16.4 Å². The Balaban J connectivity index is 2.17. The summed E-state index contributed by atoms with van der Waals surface area (Å²) in [6.07, 6.45) is 0. The Labute approximate surface area is 113 Å². The van der Waals surface area contributed by atoms with Gasteiger partial charge < -0.3 is 16.4 Å². The third-order valence-electron chi connectivity index (χ3n) is 2.66. The second kappa shape index (κ2) is 6.15. The normalized spacial score (nSPS) is 10.3. The highest BCUT2D eigenvalue weighted by atomic mass is 15.1. The number of nitrogens with one attached hydrogen (secondary N) is 2. The standard InChI is InChI=1S/C14H19N5/c1-3-16-13-8-14(18-10(2)17-13)19-12-6-4-11(9-15)5-7-12/h4-8H,3,9,15H2,1-2H3,(H2,16,17,18,19).